The van der Waals surface area contributed by atoms with Crippen LogP contribution in [0.3, 0.4) is 0 Å². The number of morpholine rings is 1. The second kappa shape index (κ2) is 3.12. The van der Waals surface area contributed by atoms with Gasteiger partial charge in [0.25, 0.3) is 0 Å². The molecule has 0 aromatic carbocycles. The van der Waals surface area contributed by atoms with E-state index in [2.05, 4.69) is 17.2 Å². The highest BCUT2D eigenvalue weighted by molar-refractivity contribution is 7.09. The van der Waals surface area contributed by atoms with E-state index in [1.165, 1.54) is 4.88 Å². The molecule has 1 unspecified atom stereocenters. The van der Waals surface area contributed by atoms with Crippen LogP contribution in [0, 0.1) is 0 Å². The lowest BCUT2D eigenvalue weighted by Crippen LogP contribution is -2.44. The molecule has 1 atom stereocenters. The van der Waals surface area contributed by atoms with Crippen molar-refractivity contribution in [1.29, 1.82) is 0 Å². The summed E-state index contributed by atoms with van der Waals surface area (Å²) in [5.74, 6) is 0. The van der Waals surface area contributed by atoms with Crippen LogP contribution in [0.25, 0.3) is 0 Å². The summed E-state index contributed by atoms with van der Waals surface area (Å²) in [6.45, 7) is 4.73. The average Bonchev–Trinajstić information content (AvgIpc) is 2.58. The van der Waals surface area contributed by atoms with Crippen molar-refractivity contribution in [3.8, 4) is 0 Å². The summed E-state index contributed by atoms with van der Waals surface area (Å²) in [6.07, 6.45) is 1.89. The quantitative estimate of drug-likeness (QED) is 0.706. The van der Waals surface area contributed by atoms with Gasteiger partial charge >= 0.3 is 0 Å². The first-order valence-corrected chi connectivity index (χ1v) is 4.93. The van der Waals surface area contributed by atoms with E-state index in [9.17, 15) is 0 Å². The first kappa shape index (κ1) is 8.16. The Hall–Kier alpha value is -0.450. The molecule has 1 N–H and O–H groups in total. The molecule has 0 spiro atoms. The van der Waals surface area contributed by atoms with Crippen molar-refractivity contribution in [2.75, 3.05) is 19.7 Å². The maximum atomic E-state index is 5.72. The average molecular weight is 184 g/mol. The van der Waals surface area contributed by atoms with Crippen LogP contribution in [0.15, 0.2) is 11.7 Å². The van der Waals surface area contributed by atoms with Gasteiger partial charge in [-0.3, -0.25) is 4.98 Å². The third-order valence-corrected chi connectivity index (χ3v) is 3.13. The molecule has 0 aliphatic carbocycles. The highest BCUT2D eigenvalue weighted by atomic mass is 32.1. The molecule has 4 heteroatoms. The number of hydrogen-bond donors (Lipinski definition) is 1. The van der Waals surface area contributed by atoms with Crippen molar-refractivity contribution in [1.82, 2.24) is 10.3 Å². The fraction of sp³-hybridized carbons (Fsp3) is 0.625. The standard InChI is InChI=1S/C8H12N2OS/c1-8(5-9-2-3-11-8)7-4-10-6-12-7/h4,6,9H,2-3,5H2,1H3. The van der Waals surface area contributed by atoms with E-state index in [1.54, 1.807) is 11.3 Å². The second-order valence-corrected chi connectivity index (χ2v) is 4.01. The van der Waals surface area contributed by atoms with E-state index in [0.717, 1.165) is 19.7 Å². The Morgan fingerprint density at radius 2 is 2.67 bits per heavy atom. The van der Waals surface area contributed by atoms with Crippen molar-refractivity contribution in [3.63, 3.8) is 0 Å². The number of thiazole rings is 1. The van der Waals surface area contributed by atoms with E-state index in [0.29, 0.717) is 0 Å². The lowest BCUT2D eigenvalue weighted by Gasteiger charge is -2.33. The first-order chi connectivity index (χ1) is 5.81. The lowest BCUT2D eigenvalue weighted by atomic mass is 10.0. The maximum absolute atomic E-state index is 5.72. The molecule has 0 amide bonds. The third kappa shape index (κ3) is 1.37. The fourth-order valence-corrected chi connectivity index (χ4v) is 2.10. The predicted octanol–water partition coefficient (Wildman–Crippen LogP) is 0.978. The summed E-state index contributed by atoms with van der Waals surface area (Å²) in [5.41, 5.74) is 1.69. The third-order valence-electron chi connectivity index (χ3n) is 2.12. The first-order valence-electron chi connectivity index (χ1n) is 4.05. The molecule has 2 rings (SSSR count). The lowest BCUT2D eigenvalue weighted by molar-refractivity contribution is -0.0548. The molecule has 3 nitrogen and oxygen atoms in total. The van der Waals surface area contributed by atoms with Gasteiger partial charge < -0.3 is 10.1 Å². The summed E-state index contributed by atoms with van der Waals surface area (Å²) in [4.78, 5) is 5.26. The van der Waals surface area contributed by atoms with E-state index in [1.807, 2.05) is 11.7 Å². The molecule has 2 heterocycles. The maximum Gasteiger partial charge on any atom is 0.113 e. The molecule has 0 saturated carbocycles. The normalized spacial score (nSPS) is 30.4. The van der Waals surface area contributed by atoms with Gasteiger partial charge in [0.2, 0.25) is 0 Å². The largest absolute Gasteiger partial charge is 0.367 e. The van der Waals surface area contributed by atoms with Crippen LogP contribution in [0.5, 0.6) is 0 Å². The second-order valence-electron chi connectivity index (χ2n) is 3.12. The van der Waals surface area contributed by atoms with Crippen LogP contribution >= 0.6 is 11.3 Å². The minimum absolute atomic E-state index is 0.153. The molecule has 12 heavy (non-hydrogen) atoms. The number of nitrogens with zero attached hydrogens (tertiary/aromatic N) is 1. The zero-order chi connectivity index (χ0) is 8.44. The van der Waals surface area contributed by atoms with Gasteiger partial charge in [-0.25, -0.2) is 0 Å². The Morgan fingerprint density at radius 1 is 1.75 bits per heavy atom. The molecule has 0 radical (unpaired) electrons. The molecule has 1 aliphatic heterocycles. The van der Waals surface area contributed by atoms with Crippen LogP contribution < -0.4 is 5.32 Å². The smallest absolute Gasteiger partial charge is 0.113 e. The number of aromatic nitrogens is 1. The molecule has 1 aromatic rings. The van der Waals surface area contributed by atoms with Crippen LogP contribution in [-0.4, -0.2) is 24.7 Å². The van der Waals surface area contributed by atoms with Crippen molar-refractivity contribution in [2.24, 2.45) is 0 Å². The molecule has 1 aliphatic rings. The highest BCUT2D eigenvalue weighted by Crippen LogP contribution is 2.28. The summed E-state index contributed by atoms with van der Waals surface area (Å²) < 4.78 is 5.72. The van der Waals surface area contributed by atoms with Gasteiger partial charge in [-0.1, -0.05) is 0 Å². The Labute approximate surface area is 75.8 Å². The molecule has 66 valence electrons. The molecular formula is C8H12N2OS. The van der Waals surface area contributed by atoms with Crippen LogP contribution in [-0.2, 0) is 10.3 Å². The number of rotatable bonds is 1. The Kier molecular flexibility index (Phi) is 2.12. The van der Waals surface area contributed by atoms with E-state index < -0.39 is 0 Å². The summed E-state index contributed by atoms with van der Waals surface area (Å²) in [5, 5.41) is 3.32. The molecule has 1 fully saturated rings. The monoisotopic (exact) mass is 184 g/mol. The highest BCUT2D eigenvalue weighted by Gasteiger charge is 2.30. The van der Waals surface area contributed by atoms with Gasteiger partial charge in [0.05, 0.1) is 17.0 Å². The minimum atomic E-state index is -0.153. The molecule has 0 bridgehead atoms. The molecule has 1 aromatic heterocycles. The Morgan fingerprint density at radius 3 is 3.25 bits per heavy atom. The number of ether oxygens (including phenoxy) is 1. The molecular weight excluding hydrogens is 172 g/mol. The fourth-order valence-electron chi connectivity index (χ4n) is 1.36. The van der Waals surface area contributed by atoms with E-state index in [-0.39, 0.29) is 5.60 Å². The van der Waals surface area contributed by atoms with E-state index >= 15 is 0 Å². The topological polar surface area (TPSA) is 34.2 Å². The van der Waals surface area contributed by atoms with Gasteiger partial charge in [0.1, 0.15) is 5.60 Å². The summed E-state index contributed by atoms with van der Waals surface area (Å²) >= 11 is 1.65. The van der Waals surface area contributed by atoms with Gasteiger partial charge in [0.15, 0.2) is 0 Å². The van der Waals surface area contributed by atoms with Gasteiger partial charge in [-0.05, 0) is 6.92 Å². The number of hydrogen-bond acceptors (Lipinski definition) is 4. The SMILES string of the molecule is CC1(c2cncs2)CNCCO1. The number of nitrogens with one attached hydrogen (secondary N) is 1. The van der Waals surface area contributed by atoms with Crippen molar-refractivity contribution in [2.45, 2.75) is 12.5 Å². The zero-order valence-electron chi connectivity index (χ0n) is 7.04. The zero-order valence-corrected chi connectivity index (χ0v) is 7.86. The van der Waals surface area contributed by atoms with Gasteiger partial charge in [-0.15, -0.1) is 11.3 Å². The van der Waals surface area contributed by atoms with E-state index in [4.69, 9.17) is 4.74 Å². The minimum Gasteiger partial charge on any atom is -0.367 e. The van der Waals surface area contributed by atoms with Crippen molar-refractivity contribution in [3.05, 3.63) is 16.6 Å². The Balaban J connectivity index is 2.19. The summed E-state index contributed by atoms with van der Waals surface area (Å²) in [6, 6.07) is 0. The predicted molar refractivity (Wildman–Crippen MR) is 48.3 cm³/mol. The van der Waals surface area contributed by atoms with Gasteiger partial charge in [-0.2, -0.15) is 0 Å². The van der Waals surface area contributed by atoms with Crippen molar-refractivity contribution < 1.29 is 4.74 Å². The van der Waals surface area contributed by atoms with Crippen LogP contribution in [0.1, 0.15) is 11.8 Å². The van der Waals surface area contributed by atoms with Crippen molar-refractivity contribution >= 4 is 11.3 Å². The molecule has 1 saturated heterocycles. The van der Waals surface area contributed by atoms with Crippen LogP contribution in [0.4, 0.5) is 0 Å². The Bertz CT molecular complexity index is 242. The summed E-state index contributed by atoms with van der Waals surface area (Å²) in [7, 11) is 0. The van der Waals surface area contributed by atoms with Gasteiger partial charge in [0, 0.05) is 19.3 Å². The van der Waals surface area contributed by atoms with Crippen LogP contribution in [0.2, 0.25) is 0 Å².